The largest absolute Gasteiger partial charge is 0.478 e. The molecule has 7 heteroatoms. The lowest BCUT2D eigenvalue weighted by Gasteiger charge is -2.28. The van der Waals surface area contributed by atoms with E-state index in [9.17, 15) is 9.90 Å². The van der Waals surface area contributed by atoms with Crippen LogP contribution < -0.4 is 5.32 Å². The Bertz CT molecular complexity index is 483. The Morgan fingerprint density at radius 2 is 2.23 bits per heavy atom. The molecule has 124 valence electrons. The number of aromatic nitrogens is 1. The van der Waals surface area contributed by atoms with Crippen molar-refractivity contribution in [3.63, 3.8) is 0 Å². The Labute approximate surface area is 130 Å². The second-order valence-corrected chi connectivity index (χ2v) is 5.65. The summed E-state index contributed by atoms with van der Waals surface area (Å²) in [7, 11) is 0. The number of hydrogen-bond donors (Lipinski definition) is 4. The zero-order valence-electron chi connectivity index (χ0n) is 13.0. The Morgan fingerprint density at radius 1 is 1.50 bits per heavy atom. The molecule has 0 aromatic carbocycles. The summed E-state index contributed by atoms with van der Waals surface area (Å²) in [4.78, 5) is 16.4. The smallest absolute Gasteiger partial charge is 0.337 e. The summed E-state index contributed by atoms with van der Waals surface area (Å²) in [6, 6.07) is 0. The molecule has 1 aliphatic rings. The number of β-amino-alcohol motifs (C(OH)–C–C–N with tert-alkyl or cyclic N) is 1. The topological polar surface area (TPSA) is 97.8 Å². The van der Waals surface area contributed by atoms with Gasteiger partial charge in [0.15, 0.2) is 0 Å². The van der Waals surface area contributed by atoms with Crippen LogP contribution in [0.4, 0.5) is 0 Å². The molecule has 0 radical (unpaired) electrons. The number of nitrogens with one attached hydrogen (secondary N) is 2. The molecule has 1 aromatic heterocycles. The predicted molar refractivity (Wildman–Crippen MR) is 82.3 cm³/mol. The summed E-state index contributed by atoms with van der Waals surface area (Å²) in [6.45, 7) is 6.72. The molecule has 1 atom stereocenters. The van der Waals surface area contributed by atoms with Crippen LogP contribution in [-0.4, -0.2) is 78.1 Å². The normalized spacial score (nSPS) is 17.5. The molecule has 7 nitrogen and oxygen atoms in total. The van der Waals surface area contributed by atoms with E-state index in [1.807, 2.05) is 0 Å². The van der Waals surface area contributed by atoms with E-state index in [1.165, 1.54) is 0 Å². The molecule has 0 saturated carbocycles. The van der Waals surface area contributed by atoms with E-state index in [2.05, 4.69) is 15.2 Å². The van der Waals surface area contributed by atoms with Gasteiger partial charge in [0.1, 0.15) is 0 Å². The number of carboxylic acids is 1. The van der Waals surface area contributed by atoms with Crippen LogP contribution in [0.3, 0.4) is 0 Å². The molecule has 1 saturated heterocycles. The molecule has 1 aromatic rings. The summed E-state index contributed by atoms with van der Waals surface area (Å²) >= 11 is 0. The number of aryl methyl sites for hydroxylation is 1. The third-order valence-corrected chi connectivity index (χ3v) is 3.88. The number of rotatable bonds is 8. The fourth-order valence-electron chi connectivity index (χ4n) is 2.70. The third kappa shape index (κ3) is 4.81. The van der Waals surface area contributed by atoms with Gasteiger partial charge in [-0.25, -0.2) is 4.79 Å². The maximum Gasteiger partial charge on any atom is 0.337 e. The number of morpholine rings is 1. The molecule has 2 heterocycles. The number of aliphatic hydroxyl groups is 1. The Balaban J connectivity index is 1.67. The SMILES string of the molecule is Cc1c[nH]c(CCNC[C@@H](O)CN2CCOCC2)c1C(=O)O. The average molecular weight is 311 g/mol. The lowest BCUT2D eigenvalue weighted by atomic mass is 10.1. The van der Waals surface area contributed by atoms with E-state index in [1.54, 1.807) is 13.1 Å². The number of carbonyl (C=O) groups is 1. The molecule has 0 aliphatic carbocycles. The summed E-state index contributed by atoms with van der Waals surface area (Å²) < 4.78 is 5.27. The van der Waals surface area contributed by atoms with Crippen LogP contribution in [0.25, 0.3) is 0 Å². The lowest BCUT2D eigenvalue weighted by molar-refractivity contribution is 0.0150. The van der Waals surface area contributed by atoms with Crippen LogP contribution in [0, 0.1) is 6.92 Å². The van der Waals surface area contributed by atoms with Gasteiger partial charge in [-0.15, -0.1) is 0 Å². The summed E-state index contributed by atoms with van der Waals surface area (Å²) in [6.07, 6.45) is 1.88. The van der Waals surface area contributed by atoms with E-state index in [0.717, 1.165) is 37.6 Å². The lowest BCUT2D eigenvalue weighted by Crippen LogP contribution is -2.44. The molecule has 0 spiro atoms. The highest BCUT2D eigenvalue weighted by Gasteiger charge is 2.16. The third-order valence-electron chi connectivity index (χ3n) is 3.88. The summed E-state index contributed by atoms with van der Waals surface area (Å²) in [5, 5.41) is 22.3. The average Bonchev–Trinajstić information content (AvgIpc) is 2.86. The Morgan fingerprint density at radius 3 is 2.91 bits per heavy atom. The molecular weight excluding hydrogens is 286 g/mol. The molecule has 1 aliphatic heterocycles. The number of carboxylic acid groups (broad SMARTS) is 1. The van der Waals surface area contributed by atoms with Gasteiger partial charge >= 0.3 is 5.97 Å². The van der Waals surface area contributed by atoms with Crippen LogP contribution >= 0.6 is 0 Å². The first kappa shape index (κ1) is 17.0. The number of H-pyrrole nitrogens is 1. The maximum absolute atomic E-state index is 11.2. The molecule has 0 unspecified atom stereocenters. The van der Waals surface area contributed by atoms with Gasteiger partial charge in [0, 0.05) is 51.0 Å². The van der Waals surface area contributed by atoms with Crippen LogP contribution in [0.2, 0.25) is 0 Å². The van der Waals surface area contributed by atoms with Crippen LogP contribution in [0.15, 0.2) is 6.20 Å². The van der Waals surface area contributed by atoms with Crippen molar-refractivity contribution >= 4 is 5.97 Å². The van der Waals surface area contributed by atoms with Crippen LogP contribution in [-0.2, 0) is 11.2 Å². The molecular formula is C15H25N3O4. The summed E-state index contributed by atoms with van der Waals surface area (Å²) in [5.41, 5.74) is 1.82. The quantitative estimate of drug-likeness (QED) is 0.498. The zero-order valence-corrected chi connectivity index (χ0v) is 13.0. The zero-order chi connectivity index (χ0) is 15.9. The molecule has 2 rings (SSSR count). The van der Waals surface area contributed by atoms with E-state index >= 15 is 0 Å². The fourth-order valence-corrected chi connectivity index (χ4v) is 2.70. The van der Waals surface area contributed by atoms with Gasteiger partial charge in [0.05, 0.1) is 24.9 Å². The molecule has 1 fully saturated rings. The molecule has 0 bridgehead atoms. The van der Waals surface area contributed by atoms with Crippen molar-refractivity contribution in [1.82, 2.24) is 15.2 Å². The highest BCUT2D eigenvalue weighted by Crippen LogP contribution is 2.13. The van der Waals surface area contributed by atoms with Crippen LogP contribution in [0.1, 0.15) is 21.6 Å². The van der Waals surface area contributed by atoms with Gasteiger partial charge < -0.3 is 25.3 Å². The first-order valence-corrected chi connectivity index (χ1v) is 7.67. The Kier molecular flexibility index (Phi) is 6.38. The number of aromatic carboxylic acids is 1. The number of aliphatic hydroxyl groups excluding tert-OH is 1. The highest BCUT2D eigenvalue weighted by molar-refractivity contribution is 5.90. The molecule has 0 amide bonds. The van der Waals surface area contributed by atoms with Gasteiger partial charge in [-0.3, -0.25) is 4.90 Å². The summed E-state index contributed by atoms with van der Waals surface area (Å²) in [5.74, 6) is -0.902. The number of ether oxygens (including phenoxy) is 1. The van der Waals surface area contributed by atoms with Crippen molar-refractivity contribution in [2.75, 3.05) is 45.9 Å². The predicted octanol–water partition coefficient (Wildman–Crippen LogP) is -0.153. The number of hydrogen-bond acceptors (Lipinski definition) is 5. The second kappa shape index (κ2) is 8.28. The minimum atomic E-state index is -0.902. The van der Waals surface area contributed by atoms with Crippen molar-refractivity contribution in [2.45, 2.75) is 19.4 Å². The fraction of sp³-hybridized carbons (Fsp3) is 0.667. The van der Waals surface area contributed by atoms with Crippen molar-refractivity contribution < 1.29 is 19.7 Å². The van der Waals surface area contributed by atoms with Crippen LogP contribution in [0.5, 0.6) is 0 Å². The minimum Gasteiger partial charge on any atom is -0.478 e. The van der Waals surface area contributed by atoms with E-state index < -0.39 is 12.1 Å². The Hall–Kier alpha value is -1.41. The second-order valence-electron chi connectivity index (χ2n) is 5.65. The van der Waals surface area contributed by atoms with Gasteiger partial charge in [-0.1, -0.05) is 0 Å². The van der Waals surface area contributed by atoms with Crippen molar-refractivity contribution in [2.24, 2.45) is 0 Å². The van der Waals surface area contributed by atoms with E-state index in [0.29, 0.717) is 31.6 Å². The van der Waals surface area contributed by atoms with Crippen molar-refractivity contribution in [3.05, 3.63) is 23.0 Å². The first-order chi connectivity index (χ1) is 10.6. The van der Waals surface area contributed by atoms with Gasteiger partial charge in [-0.2, -0.15) is 0 Å². The number of aromatic amines is 1. The standard InChI is InChI=1S/C15H25N3O4/c1-11-8-17-13(14(11)15(20)21)2-3-16-9-12(19)10-18-4-6-22-7-5-18/h8,12,16-17,19H,2-7,9-10H2,1H3,(H,20,21)/t12-/m1/s1. The maximum atomic E-state index is 11.2. The van der Waals surface area contributed by atoms with Crippen molar-refractivity contribution in [3.8, 4) is 0 Å². The minimum absolute atomic E-state index is 0.357. The highest BCUT2D eigenvalue weighted by atomic mass is 16.5. The van der Waals surface area contributed by atoms with E-state index in [4.69, 9.17) is 9.84 Å². The van der Waals surface area contributed by atoms with Gasteiger partial charge in [0.25, 0.3) is 0 Å². The molecule has 22 heavy (non-hydrogen) atoms. The number of nitrogens with zero attached hydrogens (tertiary/aromatic N) is 1. The molecule has 4 N–H and O–H groups in total. The van der Waals surface area contributed by atoms with Gasteiger partial charge in [-0.05, 0) is 12.5 Å². The van der Waals surface area contributed by atoms with E-state index in [-0.39, 0.29) is 0 Å². The first-order valence-electron chi connectivity index (χ1n) is 7.67. The van der Waals surface area contributed by atoms with Crippen molar-refractivity contribution in [1.29, 1.82) is 0 Å². The monoisotopic (exact) mass is 311 g/mol. The van der Waals surface area contributed by atoms with Gasteiger partial charge in [0.2, 0.25) is 0 Å².